The zero-order valence-corrected chi connectivity index (χ0v) is 15.1. The molecule has 0 aliphatic carbocycles. The second kappa shape index (κ2) is 6.08. The molecule has 0 amide bonds. The summed E-state index contributed by atoms with van der Waals surface area (Å²) in [6.45, 7) is 5.57. The predicted molar refractivity (Wildman–Crippen MR) is 97.9 cm³/mol. The standard InChI is InChI=1S/C21H17F3N2O/c1-11-21(2,3)27-20-14(5-4-6-16(20)23)18(26-11)13-9-12-7-8-15(22)17(24)19(12)25-10-13/h4-11H,1-3H3/t11-/m0/s1. The number of pyridine rings is 1. The Labute approximate surface area is 154 Å². The molecule has 1 aromatic heterocycles. The number of para-hydroxylation sites is 1. The maximum atomic E-state index is 14.5. The number of nitrogens with zero attached hydrogens (tertiary/aromatic N) is 2. The molecule has 0 saturated heterocycles. The summed E-state index contributed by atoms with van der Waals surface area (Å²) in [5.74, 6) is -2.31. The Bertz CT molecular complexity index is 1090. The second-order valence-electron chi connectivity index (χ2n) is 7.13. The smallest absolute Gasteiger partial charge is 0.184 e. The van der Waals surface area contributed by atoms with E-state index in [1.807, 2.05) is 20.8 Å². The first-order valence-electron chi connectivity index (χ1n) is 8.58. The number of rotatable bonds is 1. The fourth-order valence-electron chi connectivity index (χ4n) is 3.07. The highest BCUT2D eigenvalue weighted by molar-refractivity contribution is 6.15. The van der Waals surface area contributed by atoms with Crippen molar-refractivity contribution in [2.24, 2.45) is 4.99 Å². The van der Waals surface area contributed by atoms with E-state index in [0.29, 0.717) is 22.2 Å². The van der Waals surface area contributed by atoms with Crippen molar-refractivity contribution < 1.29 is 17.9 Å². The highest BCUT2D eigenvalue weighted by Gasteiger charge is 2.34. The van der Waals surface area contributed by atoms with Gasteiger partial charge in [0.2, 0.25) is 0 Å². The second-order valence-corrected chi connectivity index (χ2v) is 7.13. The lowest BCUT2D eigenvalue weighted by Gasteiger charge is -2.28. The van der Waals surface area contributed by atoms with Gasteiger partial charge in [0.25, 0.3) is 0 Å². The van der Waals surface area contributed by atoms with Gasteiger partial charge in [0, 0.05) is 22.7 Å². The molecule has 1 aliphatic heterocycles. The number of aliphatic imine (C=N–C) groups is 1. The minimum atomic E-state index is -0.994. The Morgan fingerprint density at radius 1 is 1.04 bits per heavy atom. The Morgan fingerprint density at radius 2 is 1.81 bits per heavy atom. The van der Waals surface area contributed by atoms with Gasteiger partial charge < -0.3 is 4.74 Å². The van der Waals surface area contributed by atoms with E-state index < -0.39 is 23.1 Å². The van der Waals surface area contributed by atoms with Gasteiger partial charge >= 0.3 is 0 Å². The minimum absolute atomic E-state index is 0.0583. The maximum absolute atomic E-state index is 14.5. The van der Waals surface area contributed by atoms with Crippen molar-refractivity contribution in [3.63, 3.8) is 0 Å². The average molecular weight is 370 g/mol. The fraction of sp³-hybridized carbons (Fsp3) is 0.238. The molecule has 0 radical (unpaired) electrons. The molecule has 138 valence electrons. The van der Waals surface area contributed by atoms with E-state index in [9.17, 15) is 13.2 Å². The first-order valence-corrected chi connectivity index (χ1v) is 8.58. The van der Waals surface area contributed by atoms with Crippen molar-refractivity contribution in [1.82, 2.24) is 4.98 Å². The van der Waals surface area contributed by atoms with Gasteiger partial charge in [-0.1, -0.05) is 6.07 Å². The Hall–Kier alpha value is -2.89. The number of fused-ring (bicyclic) bond motifs is 2. The van der Waals surface area contributed by atoms with Gasteiger partial charge in [-0.25, -0.2) is 13.2 Å². The van der Waals surface area contributed by atoms with E-state index in [4.69, 9.17) is 9.73 Å². The van der Waals surface area contributed by atoms with Crippen LogP contribution in [0.1, 0.15) is 31.9 Å². The van der Waals surface area contributed by atoms with Crippen molar-refractivity contribution in [2.75, 3.05) is 0 Å². The van der Waals surface area contributed by atoms with Gasteiger partial charge in [-0.05, 0) is 51.1 Å². The zero-order chi connectivity index (χ0) is 19.3. The van der Waals surface area contributed by atoms with E-state index in [0.717, 1.165) is 6.07 Å². The Balaban J connectivity index is 1.96. The van der Waals surface area contributed by atoms with Crippen LogP contribution in [0.3, 0.4) is 0 Å². The van der Waals surface area contributed by atoms with Crippen molar-refractivity contribution in [1.29, 1.82) is 0 Å². The van der Waals surface area contributed by atoms with Gasteiger partial charge in [-0.15, -0.1) is 0 Å². The first-order chi connectivity index (χ1) is 12.8. The minimum Gasteiger partial charge on any atom is -0.482 e. The van der Waals surface area contributed by atoms with Crippen LogP contribution in [0.5, 0.6) is 5.75 Å². The summed E-state index contributed by atoms with van der Waals surface area (Å²) in [6.07, 6.45) is 1.42. The number of hydrogen-bond acceptors (Lipinski definition) is 3. The van der Waals surface area contributed by atoms with E-state index >= 15 is 0 Å². The van der Waals surface area contributed by atoms with Crippen molar-refractivity contribution in [3.8, 4) is 5.75 Å². The zero-order valence-electron chi connectivity index (χ0n) is 15.1. The molecular formula is C21H17F3N2O. The fourth-order valence-corrected chi connectivity index (χ4v) is 3.07. The molecule has 0 N–H and O–H groups in total. The summed E-state index contributed by atoms with van der Waals surface area (Å²) in [5, 5.41) is 0.434. The topological polar surface area (TPSA) is 34.5 Å². The quantitative estimate of drug-likeness (QED) is 0.601. The number of ether oxygens (including phenoxy) is 1. The van der Waals surface area contributed by atoms with Crippen LogP contribution in [-0.2, 0) is 0 Å². The number of aromatic nitrogens is 1. The molecule has 2 aromatic carbocycles. The highest BCUT2D eigenvalue weighted by Crippen LogP contribution is 2.35. The number of halogens is 3. The molecule has 2 heterocycles. The molecular weight excluding hydrogens is 353 g/mol. The van der Waals surface area contributed by atoms with Crippen LogP contribution in [0, 0.1) is 17.5 Å². The van der Waals surface area contributed by atoms with Crippen LogP contribution in [0.25, 0.3) is 10.9 Å². The van der Waals surface area contributed by atoms with Crippen molar-refractivity contribution >= 4 is 16.6 Å². The molecule has 27 heavy (non-hydrogen) atoms. The highest BCUT2D eigenvalue weighted by atomic mass is 19.2. The molecule has 6 heteroatoms. The SMILES string of the molecule is C[C@@H]1N=C(c2cnc3c(F)c(F)ccc3c2)c2cccc(F)c2OC1(C)C. The van der Waals surface area contributed by atoms with Crippen LogP contribution in [0.4, 0.5) is 13.2 Å². The van der Waals surface area contributed by atoms with E-state index in [-0.39, 0.29) is 17.3 Å². The summed E-state index contributed by atoms with van der Waals surface area (Å²) < 4.78 is 47.8. The third-order valence-corrected chi connectivity index (χ3v) is 4.93. The predicted octanol–water partition coefficient (Wildman–Crippen LogP) is 5.05. The van der Waals surface area contributed by atoms with E-state index in [1.165, 1.54) is 18.3 Å². The molecule has 3 aromatic rings. The summed E-state index contributed by atoms with van der Waals surface area (Å²) in [6, 6.07) is 8.54. The van der Waals surface area contributed by atoms with E-state index in [2.05, 4.69) is 4.98 Å². The van der Waals surface area contributed by atoms with Crippen LogP contribution >= 0.6 is 0 Å². The van der Waals surface area contributed by atoms with Crippen LogP contribution < -0.4 is 4.74 Å². The van der Waals surface area contributed by atoms with Gasteiger partial charge in [0.1, 0.15) is 11.1 Å². The molecule has 3 nitrogen and oxygen atoms in total. The molecule has 1 aliphatic rings. The largest absolute Gasteiger partial charge is 0.482 e. The van der Waals surface area contributed by atoms with Crippen molar-refractivity contribution in [3.05, 3.63) is 71.2 Å². The molecule has 0 unspecified atom stereocenters. The van der Waals surface area contributed by atoms with Gasteiger partial charge in [0.15, 0.2) is 23.2 Å². The van der Waals surface area contributed by atoms with Gasteiger partial charge in [-0.2, -0.15) is 0 Å². The lowest BCUT2D eigenvalue weighted by atomic mass is 10.00. The van der Waals surface area contributed by atoms with Gasteiger partial charge in [0.05, 0.1) is 11.8 Å². The summed E-state index contributed by atoms with van der Waals surface area (Å²) in [4.78, 5) is 8.82. The van der Waals surface area contributed by atoms with E-state index in [1.54, 1.807) is 18.2 Å². The lowest BCUT2D eigenvalue weighted by Crippen LogP contribution is -2.38. The van der Waals surface area contributed by atoms with Gasteiger partial charge in [-0.3, -0.25) is 9.98 Å². The third-order valence-electron chi connectivity index (χ3n) is 4.93. The molecule has 0 fully saturated rings. The van der Waals surface area contributed by atoms with Crippen molar-refractivity contribution in [2.45, 2.75) is 32.4 Å². The Morgan fingerprint density at radius 3 is 2.59 bits per heavy atom. The van der Waals surface area contributed by atoms with Crippen LogP contribution in [0.2, 0.25) is 0 Å². The summed E-state index contributed by atoms with van der Waals surface area (Å²) in [7, 11) is 0. The summed E-state index contributed by atoms with van der Waals surface area (Å²) >= 11 is 0. The molecule has 0 saturated carbocycles. The number of hydrogen-bond donors (Lipinski definition) is 0. The molecule has 0 spiro atoms. The normalized spacial score (nSPS) is 18.4. The van der Waals surface area contributed by atoms with Crippen LogP contribution in [-0.4, -0.2) is 22.3 Å². The molecule has 1 atom stereocenters. The molecule has 4 rings (SSSR count). The Kier molecular flexibility index (Phi) is 3.94. The third kappa shape index (κ3) is 2.85. The molecule has 0 bridgehead atoms. The van der Waals surface area contributed by atoms with Crippen LogP contribution in [0.15, 0.2) is 47.6 Å². The lowest BCUT2D eigenvalue weighted by molar-refractivity contribution is 0.0840. The number of benzene rings is 2. The first kappa shape index (κ1) is 17.5. The summed E-state index contributed by atoms with van der Waals surface area (Å²) in [5.41, 5.74) is 0.793. The average Bonchev–Trinajstić information content (AvgIpc) is 2.74. The monoisotopic (exact) mass is 370 g/mol. The maximum Gasteiger partial charge on any atom is 0.184 e.